The second-order valence-corrected chi connectivity index (χ2v) is 4.74. The predicted octanol–water partition coefficient (Wildman–Crippen LogP) is 3.28. The van der Waals surface area contributed by atoms with Gasteiger partial charge in [0.25, 0.3) is 0 Å². The lowest BCUT2D eigenvalue weighted by Gasteiger charge is -2.09. The maximum atomic E-state index is 9.09. The zero-order valence-electron chi connectivity index (χ0n) is 11.2. The molecule has 0 amide bonds. The minimum atomic E-state index is 0.151. The monoisotopic (exact) mass is 267 g/mol. The molecule has 1 aromatic heterocycles. The number of hydrogen-bond donors (Lipinski definition) is 2. The maximum Gasteiger partial charge on any atom is 0.129 e. The van der Waals surface area contributed by atoms with Crippen LogP contribution in [0.15, 0.2) is 54.7 Å². The number of rotatable bonds is 5. The molecule has 102 valence electrons. The number of aromatic nitrogens is 1. The molecular weight excluding hydrogens is 250 g/mol. The number of ether oxygens (including phenoxy) is 1. The van der Waals surface area contributed by atoms with Gasteiger partial charge in [0.2, 0.25) is 0 Å². The summed E-state index contributed by atoms with van der Waals surface area (Å²) < 4.78 is 5.91. The molecule has 0 aliphatic rings. The molecule has 3 rings (SSSR count). The third-order valence-corrected chi connectivity index (χ3v) is 3.39. The molecule has 3 heteroatoms. The highest BCUT2D eigenvalue weighted by atomic mass is 16.5. The van der Waals surface area contributed by atoms with Crippen LogP contribution in [0.4, 0.5) is 0 Å². The number of aliphatic hydroxyl groups excluding tert-OH is 1. The Labute approximate surface area is 117 Å². The molecule has 20 heavy (non-hydrogen) atoms. The lowest BCUT2D eigenvalue weighted by atomic mass is 10.1. The van der Waals surface area contributed by atoms with E-state index in [4.69, 9.17) is 9.84 Å². The number of aromatic amines is 1. The molecule has 3 aromatic rings. The van der Waals surface area contributed by atoms with Gasteiger partial charge < -0.3 is 14.8 Å². The van der Waals surface area contributed by atoms with Crippen molar-refractivity contribution in [3.8, 4) is 5.75 Å². The van der Waals surface area contributed by atoms with Gasteiger partial charge in [-0.05, 0) is 29.7 Å². The number of nitrogens with one attached hydrogen (secondary N) is 1. The standard InChI is InChI=1S/C17H17NO2/c19-11-9-14-6-7-16(15-8-10-18-17(14)15)20-12-13-4-2-1-3-5-13/h1-8,10,18-19H,9,11-12H2. The Balaban J connectivity index is 1.85. The molecule has 0 fully saturated rings. The molecule has 0 atom stereocenters. The van der Waals surface area contributed by atoms with Gasteiger partial charge in [-0.3, -0.25) is 0 Å². The van der Waals surface area contributed by atoms with Gasteiger partial charge in [-0.25, -0.2) is 0 Å². The zero-order chi connectivity index (χ0) is 13.8. The van der Waals surface area contributed by atoms with Crippen molar-refractivity contribution in [3.05, 3.63) is 65.9 Å². The summed E-state index contributed by atoms with van der Waals surface area (Å²) in [5.41, 5.74) is 3.31. The maximum absolute atomic E-state index is 9.09. The Morgan fingerprint density at radius 3 is 2.65 bits per heavy atom. The molecule has 0 aliphatic carbocycles. The van der Waals surface area contributed by atoms with E-state index in [2.05, 4.69) is 17.1 Å². The molecule has 0 spiro atoms. The first-order valence-corrected chi connectivity index (χ1v) is 6.75. The van der Waals surface area contributed by atoms with Crippen LogP contribution in [-0.4, -0.2) is 16.7 Å². The largest absolute Gasteiger partial charge is 0.488 e. The molecule has 3 nitrogen and oxygen atoms in total. The normalized spacial score (nSPS) is 10.8. The van der Waals surface area contributed by atoms with Crippen molar-refractivity contribution in [2.24, 2.45) is 0 Å². The smallest absolute Gasteiger partial charge is 0.129 e. The first-order chi connectivity index (χ1) is 9.88. The molecule has 0 saturated heterocycles. The van der Waals surface area contributed by atoms with E-state index in [9.17, 15) is 0 Å². The van der Waals surface area contributed by atoms with Gasteiger partial charge in [-0.15, -0.1) is 0 Å². The molecule has 1 heterocycles. The second kappa shape index (κ2) is 5.80. The highest BCUT2D eigenvalue weighted by molar-refractivity contribution is 5.88. The van der Waals surface area contributed by atoms with E-state index in [0.717, 1.165) is 27.8 Å². The Bertz CT molecular complexity index is 689. The van der Waals surface area contributed by atoms with Crippen LogP contribution in [0.25, 0.3) is 10.9 Å². The lowest BCUT2D eigenvalue weighted by Crippen LogP contribution is -1.97. The Morgan fingerprint density at radius 1 is 1.00 bits per heavy atom. The average molecular weight is 267 g/mol. The Morgan fingerprint density at radius 2 is 1.85 bits per heavy atom. The molecule has 0 bridgehead atoms. The van der Waals surface area contributed by atoms with Crippen molar-refractivity contribution in [2.45, 2.75) is 13.0 Å². The summed E-state index contributed by atoms with van der Waals surface area (Å²) in [4.78, 5) is 3.22. The summed E-state index contributed by atoms with van der Waals surface area (Å²) in [6.45, 7) is 0.707. The van der Waals surface area contributed by atoms with Crippen LogP contribution in [0.5, 0.6) is 5.75 Å². The Hall–Kier alpha value is -2.26. The average Bonchev–Trinajstić information content (AvgIpc) is 2.98. The highest BCUT2D eigenvalue weighted by Crippen LogP contribution is 2.28. The van der Waals surface area contributed by atoms with E-state index < -0.39 is 0 Å². The van der Waals surface area contributed by atoms with Gasteiger partial charge in [0.1, 0.15) is 12.4 Å². The van der Waals surface area contributed by atoms with Crippen molar-refractivity contribution in [1.29, 1.82) is 0 Å². The van der Waals surface area contributed by atoms with Crippen molar-refractivity contribution >= 4 is 10.9 Å². The fourth-order valence-electron chi connectivity index (χ4n) is 2.38. The van der Waals surface area contributed by atoms with Gasteiger partial charge in [0.15, 0.2) is 0 Å². The topological polar surface area (TPSA) is 45.2 Å². The van der Waals surface area contributed by atoms with E-state index in [1.54, 1.807) is 0 Å². The van der Waals surface area contributed by atoms with Crippen molar-refractivity contribution < 1.29 is 9.84 Å². The number of aliphatic hydroxyl groups is 1. The van der Waals surface area contributed by atoms with E-state index in [1.165, 1.54) is 0 Å². The summed E-state index contributed by atoms with van der Waals surface area (Å²) >= 11 is 0. The van der Waals surface area contributed by atoms with Crippen molar-refractivity contribution in [1.82, 2.24) is 4.98 Å². The van der Waals surface area contributed by atoms with Gasteiger partial charge >= 0.3 is 0 Å². The first-order valence-electron chi connectivity index (χ1n) is 6.75. The minimum Gasteiger partial charge on any atom is -0.488 e. The van der Waals surface area contributed by atoms with E-state index in [1.807, 2.05) is 42.6 Å². The number of benzene rings is 2. The summed E-state index contributed by atoms with van der Waals surface area (Å²) in [7, 11) is 0. The van der Waals surface area contributed by atoms with E-state index in [-0.39, 0.29) is 6.61 Å². The van der Waals surface area contributed by atoms with Crippen LogP contribution in [0, 0.1) is 0 Å². The summed E-state index contributed by atoms with van der Waals surface area (Å²) in [6.07, 6.45) is 2.55. The molecule has 0 saturated carbocycles. The zero-order valence-corrected chi connectivity index (χ0v) is 11.2. The fraction of sp³-hybridized carbons (Fsp3) is 0.176. The SMILES string of the molecule is OCCc1ccc(OCc2ccccc2)c2cc[nH]c12. The lowest BCUT2D eigenvalue weighted by molar-refractivity contribution is 0.299. The summed E-state index contributed by atoms with van der Waals surface area (Å²) in [5, 5.41) is 10.2. The molecule has 0 radical (unpaired) electrons. The van der Waals surface area contributed by atoms with Gasteiger partial charge in [0, 0.05) is 18.2 Å². The minimum absolute atomic E-state index is 0.151. The third kappa shape index (κ3) is 2.53. The van der Waals surface area contributed by atoms with E-state index >= 15 is 0 Å². The quantitative estimate of drug-likeness (QED) is 0.745. The summed E-state index contributed by atoms with van der Waals surface area (Å²) in [5.74, 6) is 0.867. The van der Waals surface area contributed by atoms with Crippen molar-refractivity contribution in [3.63, 3.8) is 0 Å². The van der Waals surface area contributed by atoms with Crippen LogP contribution in [0.3, 0.4) is 0 Å². The molecular formula is C17H17NO2. The number of fused-ring (bicyclic) bond motifs is 1. The number of H-pyrrole nitrogens is 1. The summed E-state index contributed by atoms with van der Waals surface area (Å²) in [6, 6.07) is 16.1. The second-order valence-electron chi connectivity index (χ2n) is 4.74. The Kier molecular flexibility index (Phi) is 3.70. The van der Waals surface area contributed by atoms with Crippen LogP contribution < -0.4 is 4.74 Å². The number of hydrogen-bond acceptors (Lipinski definition) is 2. The van der Waals surface area contributed by atoms with E-state index in [0.29, 0.717) is 13.0 Å². The van der Waals surface area contributed by atoms with Crippen LogP contribution in [0.1, 0.15) is 11.1 Å². The first kappa shape index (κ1) is 12.8. The van der Waals surface area contributed by atoms with Crippen LogP contribution >= 0.6 is 0 Å². The van der Waals surface area contributed by atoms with Gasteiger partial charge in [0.05, 0.1) is 5.52 Å². The predicted molar refractivity (Wildman–Crippen MR) is 79.9 cm³/mol. The molecule has 2 N–H and O–H groups in total. The van der Waals surface area contributed by atoms with Gasteiger partial charge in [-0.2, -0.15) is 0 Å². The third-order valence-electron chi connectivity index (χ3n) is 3.39. The molecule has 0 unspecified atom stereocenters. The highest BCUT2D eigenvalue weighted by Gasteiger charge is 2.08. The van der Waals surface area contributed by atoms with Gasteiger partial charge in [-0.1, -0.05) is 36.4 Å². The van der Waals surface area contributed by atoms with Crippen LogP contribution in [-0.2, 0) is 13.0 Å². The fourth-order valence-corrected chi connectivity index (χ4v) is 2.38. The molecule has 0 aliphatic heterocycles. The molecule has 2 aromatic carbocycles. The van der Waals surface area contributed by atoms with Crippen molar-refractivity contribution in [2.75, 3.05) is 6.61 Å². The van der Waals surface area contributed by atoms with Crippen LogP contribution in [0.2, 0.25) is 0 Å².